The van der Waals surface area contributed by atoms with Crippen LogP contribution in [-0.2, 0) is 15.7 Å². The fourth-order valence-electron chi connectivity index (χ4n) is 5.33. The number of amides is 1. The van der Waals surface area contributed by atoms with E-state index in [1.165, 1.54) is 12.1 Å². The van der Waals surface area contributed by atoms with E-state index in [9.17, 15) is 18.0 Å². The number of alkyl halides is 3. The summed E-state index contributed by atoms with van der Waals surface area (Å²) >= 11 is 0. The molecule has 2 fully saturated rings. The van der Waals surface area contributed by atoms with Gasteiger partial charge in [-0.05, 0) is 61.6 Å². The monoisotopic (exact) mass is 564 g/mol. The lowest BCUT2D eigenvalue weighted by molar-refractivity contribution is -0.141. The molecule has 2 aliphatic heterocycles. The third kappa shape index (κ3) is 6.40. The van der Waals surface area contributed by atoms with Gasteiger partial charge in [0.1, 0.15) is 17.4 Å². The lowest BCUT2D eigenvalue weighted by atomic mass is 9.86. The summed E-state index contributed by atoms with van der Waals surface area (Å²) in [4.78, 5) is 15.9. The number of aromatic nitrogens is 2. The van der Waals surface area contributed by atoms with Crippen LogP contribution < -0.4 is 10.1 Å². The standard InChI is InChI=1S/C28H31F3N4O3.ClH/c1-19(20-5-7-21(8-6-20)25-9-13-32-34-25)33-26(36)27(11-15-37-16-12-27)35-14-10-24(18-35)38-23-4-2-3-22(17-23)28(29,30)31;/h2-9,13,17,19,24H,10-12,14-16,18H2,1H3,(H,32,34)(H,33,36);1H/t19-,24+;/m0./s1. The van der Waals surface area contributed by atoms with Crippen LogP contribution in [0.1, 0.15) is 43.4 Å². The SMILES string of the molecule is C[C@H](NC(=O)C1(N2CC[C@@H](Oc3cccc(C(F)(F)F)c3)C2)CCOCC1)c1ccc(-c2ccn[nH]2)cc1.Cl. The first-order valence-corrected chi connectivity index (χ1v) is 12.8. The Kier molecular flexibility index (Phi) is 8.88. The minimum absolute atomic E-state index is 0. The summed E-state index contributed by atoms with van der Waals surface area (Å²) in [6.07, 6.45) is -1.33. The molecule has 3 heterocycles. The Hall–Kier alpha value is -3.08. The van der Waals surface area contributed by atoms with E-state index in [4.69, 9.17) is 9.47 Å². The maximum atomic E-state index is 13.8. The summed E-state index contributed by atoms with van der Waals surface area (Å²) < 4.78 is 50.9. The first-order valence-electron chi connectivity index (χ1n) is 12.8. The predicted molar refractivity (Wildman–Crippen MR) is 143 cm³/mol. The van der Waals surface area contributed by atoms with Crippen LogP contribution in [0.25, 0.3) is 11.3 Å². The van der Waals surface area contributed by atoms with E-state index in [-0.39, 0.29) is 36.2 Å². The smallest absolute Gasteiger partial charge is 0.416 e. The van der Waals surface area contributed by atoms with Crippen molar-refractivity contribution in [3.63, 3.8) is 0 Å². The molecule has 11 heteroatoms. The summed E-state index contributed by atoms with van der Waals surface area (Å²) in [6.45, 7) is 3.97. The van der Waals surface area contributed by atoms with Crippen molar-refractivity contribution < 1.29 is 27.4 Å². The van der Waals surface area contributed by atoms with Gasteiger partial charge in [-0.3, -0.25) is 14.8 Å². The summed E-state index contributed by atoms with van der Waals surface area (Å²) in [5.41, 5.74) is 1.42. The lowest BCUT2D eigenvalue weighted by Crippen LogP contribution is -2.61. The summed E-state index contributed by atoms with van der Waals surface area (Å²) in [5.74, 6) is 0.120. The molecular formula is C28H32ClF3N4O3. The van der Waals surface area contributed by atoms with E-state index in [1.807, 2.05) is 37.3 Å². The zero-order valence-electron chi connectivity index (χ0n) is 21.5. The average molecular weight is 565 g/mol. The first-order chi connectivity index (χ1) is 18.2. The van der Waals surface area contributed by atoms with Gasteiger partial charge in [0, 0.05) is 32.5 Å². The third-order valence-corrected chi connectivity index (χ3v) is 7.53. The van der Waals surface area contributed by atoms with Crippen LogP contribution in [0.2, 0.25) is 0 Å². The molecule has 2 atom stereocenters. The van der Waals surface area contributed by atoms with E-state index >= 15 is 0 Å². The summed E-state index contributed by atoms with van der Waals surface area (Å²) in [5, 5.41) is 10.1. The van der Waals surface area contributed by atoms with Gasteiger partial charge in [0.05, 0.1) is 17.3 Å². The molecule has 0 spiro atoms. The van der Waals surface area contributed by atoms with E-state index in [2.05, 4.69) is 20.4 Å². The Labute approximate surface area is 231 Å². The fraction of sp³-hybridized carbons (Fsp3) is 0.429. The number of H-pyrrole nitrogens is 1. The van der Waals surface area contributed by atoms with Gasteiger partial charge in [0.15, 0.2) is 0 Å². The first kappa shape index (κ1) is 28.9. The lowest BCUT2D eigenvalue weighted by Gasteiger charge is -2.43. The van der Waals surface area contributed by atoms with Gasteiger partial charge in [-0.1, -0.05) is 30.3 Å². The predicted octanol–water partition coefficient (Wildman–Crippen LogP) is 5.40. The number of ether oxygens (including phenoxy) is 2. The second-order valence-corrected chi connectivity index (χ2v) is 9.93. The number of benzene rings is 2. The molecule has 0 radical (unpaired) electrons. The van der Waals surface area contributed by atoms with Crippen LogP contribution in [-0.4, -0.2) is 59.0 Å². The number of rotatable bonds is 7. The minimum atomic E-state index is -4.43. The van der Waals surface area contributed by atoms with Gasteiger partial charge in [-0.2, -0.15) is 18.3 Å². The molecule has 1 amide bonds. The van der Waals surface area contributed by atoms with E-state index in [1.54, 1.807) is 6.20 Å². The summed E-state index contributed by atoms with van der Waals surface area (Å²) in [7, 11) is 0. The number of carbonyl (C=O) groups is 1. The molecule has 5 rings (SSSR count). The number of carbonyl (C=O) groups excluding carboxylic acids is 1. The number of hydrogen-bond donors (Lipinski definition) is 2. The Bertz CT molecular complexity index is 1230. The number of likely N-dealkylation sites (tertiary alicyclic amines) is 1. The topological polar surface area (TPSA) is 79.5 Å². The number of halogens is 4. The molecule has 39 heavy (non-hydrogen) atoms. The Morgan fingerprint density at radius 3 is 2.59 bits per heavy atom. The fourth-order valence-corrected chi connectivity index (χ4v) is 5.33. The second kappa shape index (κ2) is 12.0. The van der Waals surface area contributed by atoms with Gasteiger partial charge in [-0.15, -0.1) is 12.4 Å². The van der Waals surface area contributed by atoms with Gasteiger partial charge in [-0.25, -0.2) is 0 Å². The second-order valence-electron chi connectivity index (χ2n) is 9.93. The zero-order chi connectivity index (χ0) is 26.8. The van der Waals surface area contributed by atoms with E-state index < -0.39 is 17.3 Å². The van der Waals surface area contributed by atoms with Gasteiger partial charge < -0.3 is 14.8 Å². The molecule has 2 aliphatic rings. The van der Waals surface area contributed by atoms with Crippen LogP contribution in [0.15, 0.2) is 60.8 Å². The molecular weight excluding hydrogens is 533 g/mol. The molecule has 2 saturated heterocycles. The van der Waals surface area contributed by atoms with Crippen molar-refractivity contribution in [2.45, 2.75) is 50.0 Å². The largest absolute Gasteiger partial charge is 0.489 e. The molecule has 7 nitrogen and oxygen atoms in total. The van der Waals surface area contributed by atoms with E-state index in [0.717, 1.165) is 29.0 Å². The van der Waals surface area contributed by atoms with Crippen LogP contribution in [0.4, 0.5) is 13.2 Å². The molecule has 3 aromatic rings. The van der Waals surface area contributed by atoms with Crippen LogP contribution in [0, 0.1) is 0 Å². The average Bonchev–Trinajstić information content (AvgIpc) is 3.62. The highest BCUT2D eigenvalue weighted by molar-refractivity contribution is 5.87. The normalized spacial score (nSPS) is 20.2. The maximum Gasteiger partial charge on any atom is 0.416 e. The van der Waals surface area contributed by atoms with Gasteiger partial charge in [0.25, 0.3) is 0 Å². The molecule has 2 N–H and O–H groups in total. The van der Waals surface area contributed by atoms with Crippen LogP contribution >= 0.6 is 12.4 Å². The quantitative estimate of drug-likeness (QED) is 0.402. The third-order valence-electron chi connectivity index (χ3n) is 7.53. The van der Waals surface area contributed by atoms with Crippen molar-refractivity contribution in [3.8, 4) is 17.0 Å². The molecule has 2 aromatic carbocycles. The highest BCUT2D eigenvalue weighted by Gasteiger charge is 2.48. The van der Waals surface area contributed by atoms with E-state index in [0.29, 0.717) is 45.6 Å². The van der Waals surface area contributed by atoms with Crippen molar-refractivity contribution in [1.82, 2.24) is 20.4 Å². The van der Waals surface area contributed by atoms with Crippen LogP contribution in [0.5, 0.6) is 5.75 Å². The molecule has 210 valence electrons. The van der Waals surface area contributed by atoms with Gasteiger partial charge >= 0.3 is 6.18 Å². The molecule has 1 aromatic heterocycles. The molecule has 0 bridgehead atoms. The van der Waals surface area contributed by atoms with Crippen molar-refractivity contribution in [1.29, 1.82) is 0 Å². The van der Waals surface area contributed by atoms with Crippen molar-refractivity contribution in [2.75, 3.05) is 26.3 Å². The minimum Gasteiger partial charge on any atom is -0.489 e. The Morgan fingerprint density at radius 2 is 1.92 bits per heavy atom. The van der Waals surface area contributed by atoms with Crippen molar-refractivity contribution in [2.24, 2.45) is 0 Å². The zero-order valence-corrected chi connectivity index (χ0v) is 22.4. The highest BCUT2D eigenvalue weighted by atomic mass is 35.5. The Morgan fingerprint density at radius 1 is 1.18 bits per heavy atom. The van der Waals surface area contributed by atoms with Crippen LogP contribution in [0.3, 0.4) is 0 Å². The number of nitrogens with zero attached hydrogens (tertiary/aromatic N) is 2. The van der Waals surface area contributed by atoms with Gasteiger partial charge in [0.2, 0.25) is 5.91 Å². The highest BCUT2D eigenvalue weighted by Crippen LogP contribution is 2.35. The number of hydrogen-bond acceptors (Lipinski definition) is 5. The Balaban J connectivity index is 0.00000353. The summed E-state index contributed by atoms with van der Waals surface area (Å²) in [6, 6.07) is 14.6. The van der Waals surface area contributed by atoms with Crippen molar-refractivity contribution >= 4 is 18.3 Å². The molecule has 0 unspecified atom stereocenters. The number of nitrogens with one attached hydrogen (secondary N) is 2. The molecule has 0 aliphatic carbocycles. The number of aromatic amines is 1. The molecule has 0 saturated carbocycles. The maximum absolute atomic E-state index is 13.8. The van der Waals surface area contributed by atoms with Crippen molar-refractivity contribution in [3.05, 3.63) is 71.9 Å².